The van der Waals surface area contributed by atoms with Crippen LogP contribution in [0.15, 0.2) is 30.3 Å². The maximum absolute atomic E-state index is 11.8. The molecule has 0 radical (unpaired) electrons. The third-order valence-electron chi connectivity index (χ3n) is 3.31. The second-order valence-electron chi connectivity index (χ2n) is 4.44. The first kappa shape index (κ1) is 12.1. The molecule has 0 bridgehead atoms. The molecule has 0 aliphatic carbocycles. The molecule has 17 heavy (non-hydrogen) atoms. The Labute approximate surface area is 102 Å². The van der Waals surface area contributed by atoms with Gasteiger partial charge in [0.2, 0.25) is 0 Å². The molecule has 1 aliphatic rings. The highest BCUT2D eigenvalue weighted by molar-refractivity contribution is 5.94. The summed E-state index contributed by atoms with van der Waals surface area (Å²) in [5.74, 6) is 0.472. The molecule has 92 valence electrons. The lowest BCUT2D eigenvalue weighted by Crippen LogP contribution is -2.32. The Morgan fingerprint density at radius 2 is 2.18 bits per heavy atom. The van der Waals surface area contributed by atoms with Crippen LogP contribution in [0.4, 0.5) is 0 Å². The summed E-state index contributed by atoms with van der Waals surface area (Å²) in [7, 11) is 0. The standard InChI is InChI=1S/C14H19NO2/c1-2-13-12(8-9-17-13)10-15-14(16)11-6-4-3-5-7-11/h3-7,12-13H,2,8-10H2,1H3,(H,15,16). The fraction of sp³-hybridized carbons (Fsp3) is 0.500. The Kier molecular flexibility index (Phi) is 4.15. The molecule has 1 heterocycles. The highest BCUT2D eigenvalue weighted by atomic mass is 16.5. The lowest BCUT2D eigenvalue weighted by Gasteiger charge is -2.17. The summed E-state index contributed by atoms with van der Waals surface area (Å²) >= 11 is 0. The molecule has 3 heteroatoms. The highest BCUT2D eigenvalue weighted by Crippen LogP contribution is 2.22. The van der Waals surface area contributed by atoms with E-state index in [9.17, 15) is 4.79 Å². The van der Waals surface area contributed by atoms with E-state index in [1.807, 2.05) is 30.3 Å². The zero-order valence-corrected chi connectivity index (χ0v) is 10.2. The van der Waals surface area contributed by atoms with E-state index >= 15 is 0 Å². The minimum atomic E-state index is 0.00681. The van der Waals surface area contributed by atoms with Crippen LogP contribution in [0, 0.1) is 5.92 Å². The average Bonchev–Trinajstić information content (AvgIpc) is 2.84. The van der Waals surface area contributed by atoms with Crippen LogP contribution in [0.1, 0.15) is 30.1 Å². The Morgan fingerprint density at radius 1 is 1.41 bits per heavy atom. The Bertz CT molecular complexity index is 364. The maximum atomic E-state index is 11.8. The van der Waals surface area contributed by atoms with Crippen molar-refractivity contribution in [3.8, 4) is 0 Å². The number of hydrogen-bond acceptors (Lipinski definition) is 2. The van der Waals surface area contributed by atoms with Gasteiger partial charge < -0.3 is 10.1 Å². The van der Waals surface area contributed by atoms with Gasteiger partial charge in [0, 0.05) is 24.6 Å². The van der Waals surface area contributed by atoms with Gasteiger partial charge in [-0.15, -0.1) is 0 Å². The van der Waals surface area contributed by atoms with Crippen LogP contribution < -0.4 is 5.32 Å². The van der Waals surface area contributed by atoms with Gasteiger partial charge >= 0.3 is 0 Å². The van der Waals surface area contributed by atoms with Gasteiger partial charge in [-0.25, -0.2) is 0 Å². The number of rotatable bonds is 4. The van der Waals surface area contributed by atoms with Gasteiger partial charge in [-0.05, 0) is 25.0 Å². The van der Waals surface area contributed by atoms with Crippen molar-refractivity contribution in [2.75, 3.05) is 13.2 Å². The first-order valence-electron chi connectivity index (χ1n) is 6.26. The van der Waals surface area contributed by atoms with Crippen LogP contribution >= 0.6 is 0 Å². The topological polar surface area (TPSA) is 38.3 Å². The van der Waals surface area contributed by atoms with Gasteiger partial charge in [-0.1, -0.05) is 25.1 Å². The summed E-state index contributed by atoms with van der Waals surface area (Å²) in [6.07, 6.45) is 2.38. The van der Waals surface area contributed by atoms with E-state index in [0.717, 1.165) is 25.0 Å². The van der Waals surface area contributed by atoms with E-state index in [1.165, 1.54) is 0 Å². The molecule has 2 rings (SSSR count). The molecule has 2 atom stereocenters. The number of benzene rings is 1. The number of carbonyl (C=O) groups is 1. The van der Waals surface area contributed by atoms with Crippen molar-refractivity contribution in [1.82, 2.24) is 5.32 Å². The minimum Gasteiger partial charge on any atom is -0.378 e. The number of amides is 1. The predicted molar refractivity (Wildman–Crippen MR) is 66.9 cm³/mol. The van der Waals surface area contributed by atoms with Crippen LogP contribution in [-0.4, -0.2) is 25.2 Å². The summed E-state index contributed by atoms with van der Waals surface area (Å²) in [4.78, 5) is 11.8. The SMILES string of the molecule is CCC1OCCC1CNC(=O)c1ccccc1. The molecule has 1 N–H and O–H groups in total. The second kappa shape index (κ2) is 5.82. The molecule has 3 nitrogen and oxygen atoms in total. The molecule has 1 aliphatic heterocycles. The summed E-state index contributed by atoms with van der Waals surface area (Å²) in [5, 5.41) is 2.99. The third-order valence-corrected chi connectivity index (χ3v) is 3.31. The van der Waals surface area contributed by atoms with E-state index in [0.29, 0.717) is 18.6 Å². The molecular formula is C14H19NO2. The van der Waals surface area contributed by atoms with Crippen LogP contribution in [0.3, 0.4) is 0 Å². The van der Waals surface area contributed by atoms with E-state index < -0.39 is 0 Å². The summed E-state index contributed by atoms with van der Waals surface area (Å²) in [6, 6.07) is 9.33. The van der Waals surface area contributed by atoms with Crippen molar-refractivity contribution in [3.05, 3.63) is 35.9 Å². The van der Waals surface area contributed by atoms with Crippen LogP contribution in [0.5, 0.6) is 0 Å². The Morgan fingerprint density at radius 3 is 2.88 bits per heavy atom. The Hall–Kier alpha value is -1.35. The van der Waals surface area contributed by atoms with E-state index in [2.05, 4.69) is 12.2 Å². The number of ether oxygens (including phenoxy) is 1. The maximum Gasteiger partial charge on any atom is 0.251 e. The molecule has 2 unspecified atom stereocenters. The highest BCUT2D eigenvalue weighted by Gasteiger charge is 2.26. The van der Waals surface area contributed by atoms with Gasteiger partial charge in [0.1, 0.15) is 0 Å². The number of carbonyl (C=O) groups excluding carboxylic acids is 1. The average molecular weight is 233 g/mol. The normalized spacial score (nSPS) is 23.6. The molecular weight excluding hydrogens is 214 g/mol. The number of hydrogen-bond donors (Lipinski definition) is 1. The van der Waals surface area contributed by atoms with E-state index in [-0.39, 0.29) is 5.91 Å². The minimum absolute atomic E-state index is 0.00681. The van der Waals surface area contributed by atoms with Crippen molar-refractivity contribution >= 4 is 5.91 Å². The molecule has 1 aromatic rings. The van der Waals surface area contributed by atoms with Crippen molar-refractivity contribution < 1.29 is 9.53 Å². The molecule has 0 spiro atoms. The predicted octanol–water partition coefficient (Wildman–Crippen LogP) is 2.23. The van der Waals surface area contributed by atoms with E-state index in [1.54, 1.807) is 0 Å². The zero-order valence-electron chi connectivity index (χ0n) is 10.2. The second-order valence-corrected chi connectivity index (χ2v) is 4.44. The van der Waals surface area contributed by atoms with Crippen molar-refractivity contribution in [2.24, 2.45) is 5.92 Å². The molecule has 0 aromatic heterocycles. The van der Waals surface area contributed by atoms with Gasteiger partial charge in [-0.2, -0.15) is 0 Å². The molecule has 1 amide bonds. The van der Waals surface area contributed by atoms with Gasteiger partial charge in [0.05, 0.1) is 6.10 Å². The van der Waals surface area contributed by atoms with Gasteiger partial charge in [-0.3, -0.25) is 4.79 Å². The van der Waals surface area contributed by atoms with Gasteiger partial charge in [0.25, 0.3) is 5.91 Å². The first-order chi connectivity index (χ1) is 8.31. The quantitative estimate of drug-likeness (QED) is 0.866. The van der Waals surface area contributed by atoms with Crippen molar-refractivity contribution in [3.63, 3.8) is 0 Å². The van der Waals surface area contributed by atoms with E-state index in [4.69, 9.17) is 4.74 Å². The summed E-state index contributed by atoms with van der Waals surface area (Å²) in [6.45, 7) is 3.67. The largest absolute Gasteiger partial charge is 0.378 e. The van der Waals surface area contributed by atoms with Gasteiger partial charge in [0.15, 0.2) is 0 Å². The van der Waals surface area contributed by atoms with Crippen LogP contribution in [0.2, 0.25) is 0 Å². The molecule has 1 aromatic carbocycles. The summed E-state index contributed by atoms with van der Waals surface area (Å²) < 4.78 is 5.60. The van der Waals surface area contributed by atoms with Crippen molar-refractivity contribution in [2.45, 2.75) is 25.9 Å². The van der Waals surface area contributed by atoms with Crippen molar-refractivity contribution in [1.29, 1.82) is 0 Å². The molecule has 1 saturated heterocycles. The first-order valence-corrected chi connectivity index (χ1v) is 6.26. The van der Waals surface area contributed by atoms with Crippen LogP contribution in [0.25, 0.3) is 0 Å². The monoisotopic (exact) mass is 233 g/mol. The fourth-order valence-electron chi connectivity index (χ4n) is 2.29. The third kappa shape index (κ3) is 3.07. The lowest BCUT2D eigenvalue weighted by atomic mass is 9.99. The number of nitrogens with one attached hydrogen (secondary N) is 1. The summed E-state index contributed by atoms with van der Waals surface area (Å²) in [5.41, 5.74) is 0.722. The fourth-order valence-corrected chi connectivity index (χ4v) is 2.29. The molecule has 1 fully saturated rings. The zero-order chi connectivity index (χ0) is 12.1. The lowest BCUT2D eigenvalue weighted by molar-refractivity contribution is 0.0827. The Balaban J connectivity index is 1.84. The smallest absolute Gasteiger partial charge is 0.251 e. The molecule has 0 saturated carbocycles. The van der Waals surface area contributed by atoms with Crippen LogP contribution in [-0.2, 0) is 4.74 Å².